The number of hydrogen-bond acceptors (Lipinski definition) is 3. The molecule has 0 saturated carbocycles. The highest BCUT2D eigenvalue weighted by Gasteiger charge is 2.14. The Morgan fingerprint density at radius 1 is 0.839 bits per heavy atom. The van der Waals surface area contributed by atoms with Crippen molar-refractivity contribution in [3.63, 3.8) is 0 Å². The number of fused-ring (bicyclic) bond motifs is 3. The Hall–Kier alpha value is -3.69. The summed E-state index contributed by atoms with van der Waals surface area (Å²) in [4.78, 5) is 9.10. The molecule has 0 aliphatic carbocycles. The number of para-hydroxylation sites is 1. The average Bonchev–Trinajstić information content (AvgIpc) is 2.79. The summed E-state index contributed by atoms with van der Waals surface area (Å²) in [6.07, 6.45) is 1.90. The van der Waals surface area contributed by atoms with Gasteiger partial charge in [0, 0.05) is 27.6 Å². The van der Waals surface area contributed by atoms with Crippen LogP contribution in [0.15, 0.2) is 90.1 Å². The van der Waals surface area contributed by atoms with Gasteiger partial charge in [0.05, 0.1) is 22.6 Å². The molecule has 0 bridgehead atoms. The van der Waals surface area contributed by atoms with E-state index >= 15 is 0 Å². The van der Waals surface area contributed by atoms with E-state index in [0.29, 0.717) is 5.02 Å². The van der Waals surface area contributed by atoms with Crippen LogP contribution in [-0.2, 0) is 0 Å². The van der Waals surface area contributed by atoms with Gasteiger partial charge in [0.1, 0.15) is 0 Å². The first-order valence-electron chi connectivity index (χ1n) is 10.1. The summed E-state index contributed by atoms with van der Waals surface area (Å²) in [6, 6.07) is 26.4. The van der Waals surface area contributed by atoms with Crippen LogP contribution >= 0.6 is 11.6 Å². The smallest absolute Gasteiger partial charge is 0.0944 e. The maximum Gasteiger partial charge on any atom is 0.0944 e. The third-order valence-corrected chi connectivity index (χ3v) is 5.78. The van der Waals surface area contributed by atoms with Crippen LogP contribution < -0.4 is 5.32 Å². The van der Waals surface area contributed by atoms with E-state index in [-0.39, 0.29) is 0 Å². The van der Waals surface area contributed by atoms with Crippen LogP contribution in [0.3, 0.4) is 0 Å². The van der Waals surface area contributed by atoms with Gasteiger partial charge in [0.25, 0.3) is 0 Å². The second-order valence-corrected chi connectivity index (χ2v) is 7.93. The van der Waals surface area contributed by atoms with Gasteiger partial charge in [-0.1, -0.05) is 72.3 Å². The molecule has 3 nitrogen and oxygen atoms in total. The van der Waals surface area contributed by atoms with Gasteiger partial charge in [0.15, 0.2) is 0 Å². The molecule has 0 aliphatic rings. The van der Waals surface area contributed by atoms with Gasteiger partial charge in [-0.3, -0.25) is 9.98 Å². The summed E-state index contributed by atoms with van der Waals surface area (Å²) >= 11 is 6.51. The molecule has 5 rings (SSSR count). The number of anilines is 2. The lowest BCUT2D eigenvalue weighted by atomic mass is 9.98. The van der Waals surface area contributed by atoms with Crippen molar-refractivity contribution in [2.24, 2.45) is 4.99 Å². The fourth-order valence-corrected chi connectivity index (χ4v) is 4.30. The third kappa shape index (κ3) is 3.43. The fraction of sp³-hybridized carbons (Fsp3) is 0.0370. The molecule has 4 heteroatoms. The SMILES string of the molecule is C=Nc1c(Nc2cc(Cl)cc3c2ncc2ccccc23)cccc1-c1ccccc1C. The van der Waals surface area contributed by atoms with Crippen molar-refractivity contribution in [3.8, 4) is 11.1 Å². The van der Waals surface area contributed by atoms with E-state index < -0.39 is 0 Å². The molecular formula is C27H20ClN3. The molecule has 1 aromatic heterocycles. The van der Waals surface area contributed by atoms with E-state index in [1.165, 1.54) is 5.56 Å². The Bertz CT molecular complexity index is 1460. The van der Waals surface area contributed by atoms with E-state index in [1.54, 1.807) is 0 Å². The number of aromatic nitrogens is 1. The lowest BCUT2D eigenvalue weighted by Crippen LogP contribution is -1.96. The predicted octanol–water partition coefficient (Wildman–Crippen LogP) is 8.09. The molecule has 1 heterocycles. The minimum absolute atomic E-state index is 0.649. The Balaban J connectivity index is 1.69. The molecule has 0 radical (unpaired) electrons. The summed E-state index contributed by atoms with van der Waals surface area (Å²) in [5.41, 5.74) is 6.70. The van der Waals surface area contributed by atoms with Crippen LogP contribution in [0.1, 0.15) is 5.56 Å². The van der Waals surface area contributed by atoms with Crippen LogP contribution in [0.25, 0.3) is 32.8 Å². The lowest BCUT2D eigenvalue weighted by molar-refractivity contribution is 1.42. The predicted molar refractivity (Wildman–Crippen MR) is 133 cm³/mol. The van der Waals surface area contributed by atoms with Gasteiger partial charge >= 0.3 is 0 Å². The zero-order chi connectivity index (χ0) is 21.4. The molecule has 150 valence electrons. The molecule has 0 fully saturated rings. The van der Waals surface area contributed by atoms with Gasteiger partial charge in [-0.05, 0) is 48.4 Å². The highest BCUT2D eigenvalue weighted by molar-refractivity contribution is 6.32. The van der Waals surface area contributed by atoms with E-state index in [9.17, 15) is 0 Å². The second kappa shape index (κ2) is 7.86. The molecule has 31 heavy (non-hydrogen) atoms. The second-order valence-electron chi connectivity index (χ2n) is 7.49. The van der Waals surface area contributed by atoms with E-state index in [4.69, 9.17) is 16.6 Å². The zero-order valence-corrected chi connectivity index (χ0v) is 17.8. The Morgan fingerprint density at radius 3 is 2.45 bits per heavy atom. The molecule has 0 unspecified atom stereocenters. The number of rotatable bonds is 4. The van der Waals surface area contributed by atoms with Crippen LogP contribution in [0, 0.1) is 6.92 Å². The first-order chi connectivity index (χ1) is 15.2. The third-order valence-electron chi connectivity index (χ3n) is 5.56. The summed E-state index contributed by atoms with van der Waals surface area (Å²) in [7, 11) is 0. The van der Waals surface area contributed by atoms with Crippen molar-refractivity contribution >= 4 is 57.1 Å². The Labute approximate surface area is 186 Å². The minimum Gasteiger partial charge on any atom is -0.352 e. The summed E-state index contributed by atoms with van der Waals surface area (Å²) in [6.45, 7) is 5.94. The summed E-state index contributed by atoms with van der Waals surface area (Å²) in [5.74, 6) is 0. The number of nitrogens with zero attached hydrogens (tertiary/aromatic N) is 2. The van der Waals surface area contributed by atoms with Gasteiger partial charge in [-0.25, -0.2) is 0 Å². The number of nitrogens with one attached hydrogen (secondary N) is 1. The van der Waals surface area contributed by atoms with Gasteiger partial charge in [-0.15, -0.1) is 0 Å². The molecule has 0 spiro atoms. The largest absolute Gasteiger partial charge is 0.352 e. The van der Waals surface area contributed by atoms with Crippen molar-refractivity contribution in [1.29, 1.82) is 0 Å². The zero-order valence-electron chi connectivity index (χ0n) is 17.1. The van der Waals surface area contributed by atoms with Gasteiger partial charge in [0.2, 0.25) is 0 Å². The summed E-state index contributed by atoms with van der Waals surface area (Å²) < 4.78 is 0. The first-order valence-corrected chi connectivity index (χ1v) is 10.4. The molecule has 4 aromatic carbocycles. The van der Waals surface area contributed by atoms with Crippen molar-refractivity contribution in [2.75, 3.05) is 5.32 Å². The molecule has 0 atom stereocenters. The van der Waals surface area contributed by atoms with Gasteiger partial charge in [-0.2, -0.15) is 0 Å². The van der Waals surface area contributed by atoms with Gasteiger partial charge < -0.3 is 5.32 Å². The number of pyridine rings is 1. The lowest BCUT2D eigenvalue weighted by Gasteiger charge is -2.16. The molecule has 1 N–H and O–H groups in total. The highest BCUT2D eigenvalue weighted by Crippen LogP contribution is 2.41. The fourth-order valence-electron chi connectivity index (χ4n) is 4.08. The van der Waals surface area contributed by atoms with Crippen molar-refractivity contribution in [3.05, 3.63) is 95.6 Å². The number of hydrogen-bond donors (Lipinski definition) is 1. The molecule has 5 aromatic rings. The number of aliphatic imine (C=N–C) groups is 1. The Kier molecular flexibility index (Phi) is 4.89. The number of aryl methyl sites for hydroxylation is 1. The van der Waals surface area contributed by atoms with E-state index in [2.05, 4.69) is 54.3 Å². The van der Waals surface area contributed by atoms with Crippen LogP contribution in [0.2, 0.25) is 5.02 Å². The average molecular weight is 422 g/mol. The Morgan fingerprint density at radius 2 is 1.61 bits per heavy atom. The van der Waals surface area contributed by atoms with E-state index in [0.717, 1.165) is 49.9 Å². The minimum atomic E-state index is 0.649. The highest BCUT2D eigenvalue weighted by atomic mass is 35.5. The van der Waals surface area contributed by atoms with Crippen molar-refractivity contribution in [1.82, 2.24) is 4.98 Å². The standard InChI is InChI=1S/C27H20ClN3/c1-17-8-3-5-10-20(17)22-12-7-13-24(26(22)29-2)31-25-15-19(28)14-23-21-11-6-4-9-18(21)16-30-27(23)25/h3-16,31H,2H2,1H3. The maximum atomic E-state index is 6.51. The van der Waals surface area contributed by atoms with Crippen LogP contribution in [0.4, 0.5) is 17.1 Å². The normalized spacial score (nSPS) is 11.0. The van der Waals surface area contributed by atoms with E-state index in [1.807, 2.05) is 54.7 Å². The molecular weight excluding hydrogens is 402 g/mol. The van der Waals surface area contributed by atoms with Crippen LogP contribution in [0.5, 0.6) is 0 Å². The number of halogens is 1. The van der Waals surface area contributed by atoms with Crippen molar-refractivity contribution < 1.29 is 0 Å². The molecule has 0 aliphatic heterocycles. The van der Waals surface area contributed by atoms with Crippen molar-refractivity contribution in [2.45, 2.75) is 6.92 Å². The molecule has 0 saturated heterocycles. The molecule has 0 amide bonds. The number of benzene rings is 4. The monoisotopic (exact) mass is 421 g/mol. The maximum absolute atomic E-state index is 6.51. The topological polar surface area (TPSA) is 37.3 Å². The first kappa shape index (κ1) is 19.3. The quantitative estimate of drug-likeness (QED) is 0.235. The van der Waals surface area contributed by atoms with Crippen LogP contribution in [-0.4, -0.2) is 11.7 Å². The summed E-state index contributed by atoms with van der Waals surface area (Å²) in [5, 5.41) is 7.38.